The average molecular weight is 345 g/mol. The molecule has 0 fully saturated rings. The van der Waals surface area contributed by atoms with Gasteiger partial charge in [0.1, 0.15) is 0 Å². The number of nitrogens with one attached hydrogen (secondary N) is 1. The second-order valence-corrected chi connectivity index (χ2v) is 6.58. The topological polar surface area (TPSA) is 36.1 Å². The summed E-state index contributed by atoms with van der Waals surface area (Å²) in [4.78, 5) is 18.0. The number of carbonyl (C=O) groups excluding carboxylic acids is 1. The maximum atomic E-state index is 12.7. The third kappa shape index (κ3) is 2.50. The molecule has 2 aromatic carbocycles. The number of nitrogens with zero attached hydrogens (tertiary/aromatic N) is 1. The standard InChI is InChI=1S/C18H14Cl2N2O/c19-12-4-1-3-11(9-12)18(23)22-8-7-16-14(10-22)13-5-2-6-15(20)17(13)21-16/h1-6,9,21H,7-8,10H2. The molecule has 4 rings (SSSR count). The Balaban J connectivity index is 1.70. The molecule has 0 saturated carbocycles. The number of fused-ring (bicyclic) bond motifs is 3. The molecule has 0 radical (unpaired) electrons. The summed E-state index contributed by atoms with van der Waals surface area (Å²) >= 11 is 12.3. The number of H-pyrrole nitrogens is 1. The molecule has 5 heteroatoms. The highest BCUT2D eigenvalue weighted by molar-refractivity contribution is 6.35. The third-order valence-electron chi connectivity index (χ3n) is 4.32. The average Bonchev–Trinajstić information content (AvgIpc) is 2.93. The van der Waals surface area contributed by atoms with E-state index >= 15 is 0 Å². The number of aromatic amines is 1. The molecule has 3 nitrogen and oxygen atoms in total. The van der Waals surface area contributed by atoms with Crippen molar-refractivity contribution in [1.29, 1.82) is 0 Å². The number of amides is 1. The maximum Gasteiger partial charge on any atom is 0.254 e. The largest absolute Gasteiger partial charge is 0.357 e. The van der Waals surface area contributed by atoms with E-state index in [2.05, 4.69) is 4.98 Å². The number of carbonyl (C=O) groups is 1. The number of para-hydroxylation sites is 1. The predicted octanol–water partition coefficient (Wildman–Crippen LogP) is 4.67. The van der Waals surface area contributed by atoms with Crippen molar-refractivity contribution < 1.29 is 4.79 Å². The van der Waals surface area contributed by atoms with Crippen LogP contribution in [0.15, 0.2) is 42.5 Å². The van der Waals surface area contributed by atoms with Crippen LogP contribution < -0.4 is 0 Å². The summed E-state index contributed by atoms with van der Waals surface area (Å²) in [6.07, 6.45) is 0.798. The lowest BCUT2D eigenvalue weighted by atomic mass is 10.0. The Labute approximate surface area is 143 Å². The molecule has 0 unspecified atom stereocenters. The van der Waals surface area contributed by atoms with Gasteiger partial charge in [-0.2, -0.15) is 0 Å². The summed E-state index contributed by atoms with van der Waals surface area (Å²) in [5, 5.41) is 2.38. The summed E-state index contributed by atoms with van der Waals surface area (Å²) in [6, 6.07) is 13.0. The van der Waals surface area contributed by atoms with Crippen LogP contribution in [0.4, 0.5) is 0 Å². The van der Waals surface area contributed by atoms with E-state index in [1.54, 1.807) is 24.3 Å². The molecular formula is C18H14Cl2N2O. The summed E-state index contributed by atoms with van der Waals surface area (Å²) in [5.74, 6) is 0.00882. The number of aromatic nitrogens is 1. The predicted molar refractivity (Wildman–Crippen MR) is 93.2 cm³/mol. The van der Waals surface area contributed by atoms with Gasteiger partial charge in [0.05, 0.1) is 10.5 Å². The molecule has 116 valence electrons. The molecule has 3 aromatic rings. The van der Waals surface area contributed by atoms with E-state index in [0.717, 1.165) is 22.9 Å². The molecule has 1 aliphatic heterocycles. The Hall–Kier alpha value is -1.97. The van der Waals surface area contributed by atoms with Crippen molar-refractivity contribution in [1.82, 2.24) is 9.88 Å². The van der Waals surface area contributed by atoms with Gasteiger partial charge >= 0.3 is 0 Å². The highest BCUT2D eigenvalue weighted by Gasteiger charge is 2.25. The molecule has 0 saturated heterocycles. The second kappa shape index (κ2) is 5.59. The van der Waals surface area contributed by atoms with Gasteiger partial charge in [0.15, 0.2) is 0 Å². The molecule has 1 N–H and O–H groups in total. The number of halogens is 2. The Bertz CT molecular complexity index is 917. The van der Waals surface area contributed by atoms with Crippen molar-refractivity contribution in [2.24, 2.45) is 0 Å². The van der Waals surface area contributed by atoms with Gasteiger partial charge in [-0.25, -0.2) is 0 Å². The maximum absolute atomic E-state index is 12.7. The van der Waals surface area contributed by atoms with Crippen LogP contribution in [0.5, 0.6) is 0 Å². The highest BCUT2D eigenvalue weighted by atomic mass is 35.5. The van der Waals surface area contributed by atoms with Crippen LogP contribution in [0.3, 0.4) is 0 Å². The van der Waals surface area contributed by atoms with Crippen molar-refractivity contribution in [3.05, 3.63) is 69.3 Å². The fraction of sp³-hybridized carbons (Fsp3) is 0.167. The minimum atomic E-state index is 0.00882. The molecule has 1 aliphatic rings. The molecule has 23 heavy (non-hydrogen) atoms. The summed E-state index contributed by atoms with van der Waals surface area (Å²) < 4.78 is 0. The van der Waals surface area contributed by atoms with Crippen molar-refractivity contribution in [3.63, 3.8) is 0 Å². The number of benzene rings is 2. The van der Waals surface area contributed by atoms with Gasteiger partial charge in [-0.3, -0.25) is 4.79 Å². The quantitative estimate of drug-likeness (QED) is 0.683. The van der Waals surface area contributed by atoms with E-state index in [0.29, 0.717) is 28.7 Å². The van der Waals surface area contributed by atoms with Crippen LogP contribution >= 0.6 is 23.2 Å². The van der Waals surface area contributed by atoms with Gasteiger partial charge in [-0.1, -0.05) is 41.4 Å². The molecule has 1 amide bonds. The van der Waals surface area contributed by atoms with Gasteiger partial charge in [-0.05, 0) is 24.3 Å². The first kappa shape index (κ1) is 14.6. The Morgan fingerprint density at radius 2 is 1.96 bits per heavy atom. The first-order chi connectivity index (χ1) is 11.1. The zero-order valence-electron chi connectivity index (χ0n) is 12.3. The molecule has 0 atom stereocenters. The fourth-order valence-corrected chi connectivity index (χ4v) is 3.59. The molecular weight excluding hydrogens is 331 g/mol. The molecule has 0 spiro atoms. The monoisotopic (exact) mass is 344 g/mol. The Morgan fingerprint density at radius 3 is 2.78 bits per heavy atom. The number of hydrogen-bond donors (Lipinski definition) is 1. The molecule has 0 bridgehead atoms. The van der Waals surface area contributed by atoms with Crippen molar-refractivity contribution in [2.45, 2.75) is 13.0 Å². The molecule has 2 heterocycles. The van der Waals surface area contributed by atoms with Gasteiger partial charge in [0.25, 0.3) is 5.91 Å². The third-order valence-corrected chi connectivity index (χ3v) is 4.87. The van der Waals surface area contributed by atoms with E-state index < -0.39 is 0 Å². The minimum Gasteiger partial charge on any atom is -0.357 e. The summed E-state index contributed by atoms with van der Waals surface area (Å²) in [5.41, 5.74) is 3.91. The van der Waals surface area contributed by atoms with Crippen molar-refractivity contribution in [2.75, 3.05) is 6.54 Å². The van der Waals surface area contributed by atoms with E-state index in [1.165, 1.54) is 5.69 Å². The lowest BCUT2D eigenvalue weighted by molar-refractivity contribution is 0.0735. The van der Waals surface area contributed by atoms with Crippen molar-refractivity contribution >= 4 is 40.0 Å². The Morgan fingerprint density at radius 1 is 1.13 bits per heavy atom. The highest BCUT2D eigenvalue weighted by Crippen LogP contribution is 2.32. The zero-order valence-corrected chi connectivity index (χ0v) is 13.8. The normalized spacial score (nSPS) is 14.1. The second-order valence-electron chi connectivity index (χ2n) is 5.73. The van der Waals surface area contributed by atoms with Crippen LogP contribution in [0.25, 0.3) is 10.9 Å². The van der Waals surface area contributed by atoms with Gasteiger partial charge in [0.2, 0.25) is 0 Å². The van der Waals surface area contributed by atoms with E-state index in [1.807, 2.05) is 23.1 Å². The first-order valence-electron chi connectivity index (χ1n) is 7.46. The minimum absolute atomic E-state index is 0.00882. The van der Waals surface area contributed by atoms with Crippen molar-refractivity contribution in [3.8, 4) is 0 Å². The smallest absolute Gasteiger partial charge is 0.254 e. The SMILES string of the molecule is O=C(c1cccc(Cl)c1)N1CCc2[nH]c3c(Cl)cccc3c2C1. The lowest BCUT2D eigenvalue weighted by Crippen LogP contribution is -2.35. The summed E-state index contributed by atoms with van der Waals surface area (Å²) in [6.45, 7) is 1.27. The van der Waals surface area contributed by atoms with Gasteiger partial charge in [0, 0.05) is 46.7 Å². The van der Waals surface area contributed by atoms with Crippen LogP contribution in [-0.4, -0.2) is 22.3 Å². The fourth-order valence-electron chi connectivity index (χ4n) is 3.18. The van der Waals surface area contributed by atoms with Gasteiger partial charge in [-0.15, -0.1) is 0 Å². The van der Waals surface area contributed by atoms with Crippen LogP contribution in [0, 0.1) is 0 Å². The van der Waals surface area contributed by atoms with Gasteiger partial charge < -0.3 is 9.88 Å². The number of rotatable bonds is 1. The van der Waals surface area contributed by atoms with E-state index in [4.69, 9.17) is 23.2 Å². The first-order valence-corrected chi connectivity index (χ1v) is 8.22. The lowest BCUT2D eigenvalue weighted by Gasteiger charge is -2.27. The Kier molecular flexibility index (Phi) is 3.55. The zero-order chi connectivity index (χ0) is 16.0. The summed E-state index contributed by atoms with van der Waals surface area (Å²) in [7, 11) is 0. The van der Waals surface area contributed by atoms with Crippen LogP contribution in [0.2, 0.25) is 10.0 Å². The molecule has 1 aromatic heterocycles. The number of hydrogen-bond acceptors (Lipinski definition) is 1. The molecule has 0 aliphatic carbocycles. The van der Waals surface area contributed by atoms with E-state index in [-0.39, 0.29) is 5.91 Å². The van der Waals surface area contributed by atoms with Crippen LogP contribution in [-0.2, 0) is 13.0 Å². The van der Waals surface area contributed by atoms with Crippen LogP contribution in [0.1, 0.15) is 21.6 Å². The van der Waals surface area contributed by atoms with E-state index in [9.17, 15) is 4.79 Å².